The van der Waals surface area contributed by atoms with Crippen molar-refractivity contribution in [1.29, 1.82) is 0 Å². The van der Waals surface area contributed by atoms with Crippen molar-refractivity contribution in [2.75, 3.05) is 13.2 Å². The van der Waals surface area contributed by atoms with Gasteiger partial charge in [0.1, 0.15) is 6.61 Å². The highest BCUT2D eigenvalue weighted by Crippen LogP contribution is 2.14. The number of rotatable bonds is 39. The molecule has 0 aromatic rings. The lowest BCUT2D eigenvalue weighted by atomic mass is 10.0. The minimum absolute atomic E-state index is 0.0995. The summed E-state index contributed by atoms with van der Waals surface area (Å²) in [5, 5.41) is 9.55. The van der Waals surface area contributed by atoms with Gasteiger partial charge in [0.15, 0.2) is 6.10 Å². The summed E-state index contributed by atoms with van der Waals surface area (Å²) < 4.78 is 10.6. The Labute approximate surface area is 333 Å². The van der Waals surface area contributed by atoms with Crippen LogP contribution in [0.1, 0.15) is 194 Å². The Balaban J connectivity index is 3.57. The van der Waals surface area contributed by atoms with Crippen LogP contribution in [0.5, 0.6) is 0 Å². The van der Waals surface area contributed by atoms with Crippen molar-refractivity contribution in [2.24, 2.45) is 0 Å². The maximum absolute atomic E-state index is 12.1. The molecule has 0 bridgehead atoms. The number of unbranched alkanes of at least 4 members (excludes halogenated alkanes) is 17. The lowest BCUT2D eigenvalue weighted by Crippen LogP contribution is -2.28. The molecular weight excluding hydrogens is 669 g/mol. The summed E-state index contributed by atoms with van der Waals surface area (Å²) in [6.07, 6.45) is 61.1. The molecule has 0 amide bonds. The third-order valence-electron chi connectivity index (χ3n) is 9.19. The Morgan fingerprint density at radius 2 is 0.833 bits per heavy atom. The zero-order valence-electron chi connectivity index (χ0n) is 35.0. The number of carbonyl (C=O) groups is 2. The molecule has 1 N–H and O–H groups in total. The fourth-order valence-electron chi connectivity index (χ4n) is 5.87. The van der Waals surface area contributed by atoms with E-state index in [1.54, 1.807) is 0 Å². The van der Waals surface area contributed by atoms with Crippen molar-refractivity contribution < 1.29 is 24.2 Å². The van der Waals surface area contributed by atoms with Crippen LogP contribution in [0.25, 0.3) is 0 Å². The van der Waals surface area contributed by atoms with Gasteiger partial charge in [-0.25, -0.2) is 0 Å². The molecule has 54 heavy (non-hydrogen) atoms. The van der Waals surface area contributed by atoms with Gasteiger partial charge in [-0.15, -0.1) is 0 Å². The molecule has 5 heteroatoms. The highest BCUT2D eigenvalue weighted by molar-refractivity contribution is 5.70. The number of ether oxygens (including phenoxy) is 2. The van der Waals surface area contributed by atoms with Gasteiger partial charge in [0.2, 0.25) is 0 Å². The minimum atomic E-state index is -0.814. The summed E-state index contributed by atoms with van der Waals surface area (Å²) in [7, 11) is 0. The molecule has 0 rings (SSSR count). The molecule has 0 aliphatic rings. The number of carbonyl (C=O) groups excluding carboxylic acids is 2. The second-order valence-corrected chi connectivity index (χ2v) is 14.4. The lowest BCUT2D eigenvalue weighted by Gasteiger charge is -2.15. The molecule has 0 aliphatic heterocycles. The van der Waals surface area contributed by atoms with E-state index in [0.29, 0.717) is 12.8 Å². The maximum Gasteiger partial charge on any atom is 0.306 e. The zero-order valence-corrected chi connectivity index (χ0v) is 35.0. The average Bonchev–Trinajstić information content (AvgIpc) is 3.17. The van der Waals surface area contributed by atoms with Crippen LogP contribution in [0, 0.1) is 0 Å². The van der Waals surface area contributed by atoms with Gasteiger partial charge in [0.25, 0.3) is 0 Å². The molecular formula is C49H82O5. The molecule has 0 radical (unpaired) electrons. The maximum atomic E-state index is 12.1. The number of hydrogen-bond acceptors (Lipinski definition) is 5. The molecule has 0 aromatic carbocycles. The standard InChI is InChI=1S/C49H82O5/c1-3-5-7-9-11-13-15-17-18-19-20-21-22-23-24-25-26-27-28-29-30-32-33-35-37-39-41-43-48(51)53-46-47(45-50)54-49(52)44-42-40-38-36-34-31-16-14-12-10-8-6-4-2/h6,8,12,14-15,17,19-20,22-23,31,34,38,40,47,50H,3-5,7,9-11,13,16,18,21,24-30,32-33,35-37,39,41-46H2,1-2H3/b8-6-,14-12-,17-15-,20-19-,23-22-,34-31-,40-38-. The first kappa shape index (κ1) is 51.1. The topological polar surface area (TPSA) is 72.8 Å². The first-order valence-corrected chi connectivity index (χ1v) is 22.1. The number of aliphatic hydroxyl groups is 1. The molecule has 0 aliphatic carbocycles. The van der Waals surface area contributed by atoms with Crippen LogP contribution >= 0.6 is 0 Å². The summed E-state index contributed by atoms with van der Waals surface area (Å²) in [6, 6.07) is 0. The molecule has 0 heterocycles. The Morgan fingerprint density at radius 3 is 1.28 bits per heavy atom. The van der Waals surface area contributed by atoms with Gasteiger partial charge in [0, 0.05) is 12.8 Å². The minimum Gasteiger partial charge on any atom is -0.462 e. The Bertz CT molecular complexity index is 1030. The molecule has 1 unspecified atom stereocenters. The van der Waals surface area contributed by atoms with Crippen LogP contribution in [0.2, 0.25) is 0 Å². The second-order valence-electron chi connectivity index (χ2n) is 14.4. The molecule has 0 aromatic heterocycles. The van der Waals surface area contributed by atoms with Gasteiger partial charge in [-0.1, -0.05) is 189 Å². The third kappa shape index (κ3) is 41.8. The highest BCUT2D eigenvalue weighted by atomic mass is 16.6. The summed E-state index contributed by atoms with van der Waals surface area (Å²) in [4.78, 5) is 24.2. The van der Waals surface area contributed by atoms with E-state index >= 15 is 0 Å². The largest absolute Gasteiger partial charge is 0.462 e. The van der Waals surface area contributed by atoms with Crippen LogP contribution in [-0.2, 0) is 19.1 Å². The van der Waals surface area contributed by atoms with E-state index in [4.69, 9.17) is 9.47 Å². The summed E-state index contributed by atoms with van der Waals surface area (Å²) in [6.45, 7) is 3.94. The molecule has 308 valence electrons. The third-order valence-corrected chi connectivity index (χ3v) is 9.19. The Kier molecular flexibility index (Phi) is 42.1. The number of esters is 2. The van der Waals surface area contributed by atoms with Gasteiger partial charge < -0.3 is 14.6 Å². The van der Waals surface area contributed by atoms with Crippen molar-refractivity contribution in [3.63, 3.8) is 0 Å². The van der Waals surface area contributed by atoms with Crippen LogP contribution in [-0.4, -0.2) is 36.4 Å². The molecule has 0 spiro atoms. The Morgan fingerprint density at radius 1 is 0.444 bits per heavy atom. The van der Waals surface area contributed by atoms with Gasteiger partial charge in [-0.2, -0.15) is 0 Å². The van der Waals surface area contributed by atoms with Crippen molar-refractivity contribution in [3.05, 3.63) is 85.1 Å². The number of allylic oxidation sites excluding steroid dienone is 14. The smallest absolute Gasteiger partial charge is 0.306 e. The van der Waals surface area contributed by atoms with E-state index in [2.05, 4.69) is 86.8 Å². The van der Waals surface area contributed by atoms with Gasteiger partial charge >= 0.3 is 11.9 Å². The van der Waals surface area contributed by atoms with E-state index in [1.165, 1.54) is 103 Å². The van der Waals surface area contributed by atoms with Crippen molar-refractivity contribution in [1.82, 2.24) is 0 Å². The van der Waals surface area contributed by atoms with E-state index in [-0.39, 0.29) is 25.6 Å². The summed E-state index contributed by atoms with van der Waals surface area (Å²) in [5.74, 6) is -0.692. The predicted octanol–water partition coefficient (Wildman–Crippen LogP) is 14.3. The number of aliphatic hydroxyl groups excluding tert-OH is 1. The monoisotopic (exact) mass is 751 g/mol. The first-order chi connectivity index (χ1) is 26.6. The zero-order chi connectivity index (χ0) is 39.3. The average molecular weight is 751 g/mol. The quantitative estimate of drug-likeness (QED) is 0.0385. The van der Waals surface area contributed by atoms with E-state index in [9.17, 15) is 14.7 Å². The van der Waals surface area contributed by atoms with Gasteiger partial charge in [-0.3, -0.25) is 9.59 Å². The first-order valence-electron chi connectivity index (χ1n) is 22.1. The van der Waals surface area contributed by atoms with Crippen LogP contribution in [0.15, 0.2) is 85.1 Å². The summed E-state index contributed by atoms with van der Waals surface area (Å²) in [5.41, 5.74) is 0. The van der Waals surface area contributed by atoms with Crippen LogP contribution in [0.4, 0.5) is 0 Å². The highest BCUT2D eigenvalue weighted by Gasteiger charge is 2.15. The van der Waals surface area contributed by atoms with Crippen molar-refractivity contribution in [3.8, 4) is 0 Å². The predicted molar refractivity (Wildman–Crippen MR) is 233 cm³/mol. The molecule has 1 atom stereocenters. The molecule has 0 saturated heterocycles. The fraction of sp³-hybridized carbons (Fsp3) is 0.673. The summed E-state index contributed by atoms with van der Waals surface area (Å²) >= 11 is 0. The fourth-order valence-corrected chi connectivity index (χ4v) is 5.87. The molecule has 0 saturated carbocycles. The SMILES string of the molecule is CC/C=C\C/C=C\C/C=C\C/C=C\CCC(=O)OC(CO)COC(=O)CCCCCCCCCCCCCC/C=C\C/C=C\C/C=C\CCCCCCC. The van der Waals surface area contributed by atoms with E-state index in [1.807, 2.05) is 12.2 Å². The van der Waals surface area contributed by atoms with Crippen molar-refractivity contribution in [2.45, 2.75) is 200 Å². The van der Waals surface area contributed by atoms with Crippen LogP contribution < -0.4 is 0 Å². The normalized spacial score (nSPS) is 13.0. The number of hydrogen-bond donors (Lipinski definition) is 1. The van der Waals surface area contributed by atoms with Gasteiger partial charge in [-0.05, 0) is 77.0 Å². The van der Waals surface area contributed by atoms with E-state index < -0.39 is 12.1 Å². The lowest BCUT2D eigenvalue weighted by molar-refractivity contribution is -0.161. The molecule has 5 nitrogen and oxygen atoms in total. The second kappa shape index (κ2) is 44.5. The van der Waals surface area contributed by atoms with Crippen LogP contribution in [0.3, 0.4) is 0 Å². The Hall–Kier alpha value is -2.92. The van der Waals surface area contributed by atoms with Gasteiger partial charge in [0.05, 0.1) is 6.61 Å². The molecule has 0 fully saturated rings. The van der Waals surface area contributed by atoms with E-state index in [0.717, 1.165) is 57.8 Å². The van der Waals surface area contributed by atoms with Crippen molar-refractivity contribution >= 4 is 11.9 Å².